The Bertz CT molecular complexity index is 336. The Labute approximate surface area is 91.8 Å². The fourth-order valence-corrected chi connectivity index (χ4v) is 1.22. The van der Waals surface area contributed by atoms with Crippen molar-refractivity contribution in [2.45, 2.75) is 19.4 Å². The van der Waals surface area contributed by atoms with E-state index in [-0.39, 0.29) is 5.92 Å². The monoisotopic (exact) mass is 202 g/mol. The third kappa shape index (κ3) is 3.37. The SMILES string of the molecule is C=C[C@H](C)[C@](C)(O)/C=C/c1ccccc1. The Kier molecular flexibility index (Phi) is 3.87. The van der Waals surface area contributed by atoms with Gasteiger partial charge in [0.1, 0.15) is 0 Å². The summed E-state index contributed by atoms with van der Waals surface area (Å²) in [6, 6.07) is 9.94. The normalized spacial score (nSPS) is 17.3. The van der Waals surface area contributed by atoms with Crippen LogP contribution in [0, 0.1) is 5.92 Å². The molecule has 0 aromatic heterocycles. The number of benzene rings is 1. The Hall–Kier alpha value is -1.34. The Morgan fingerprint density at radius 2 is 1.93 bits per heavy atom. The van der Waals surface area contributed by atoms with Crippen LogP contribution >= 0.6 is 0 Å². The van der Waals surface area contributed by atoms with Crippen LogP contribution < -0.4 is 0 Å². The van der Waals surface area contributed by atoms with Crippen LogP contribution in [0.2, 0.25) is 0 Å². The molecule has 0 unspecified atom stereocenters. The molecule has 1 heteroatoms. The highest BCUT2D eigenvalue weighted by Crippen LogP contribution is 2.20. The Balaban J connectivity index is 2.77. The van der Waals surface area contributed by atoms with E-state index >= 15 is 0 Å². The van der Waals surface area contributed by atoms with Crippen molar-refractivity contribution in [1.29, 1.82) is 0 Å². The van der Waals surface area contributed by atoms with Crippen LogP contribution in [0.3, 0.4) is 0 Å². The molecule has 1 rings (SSSR count). The molecule has 0 spiro atoms. The van der Waals surface area contributed by atoms with Gasteiger partial charge in [-0.05, 0) is 12.5 Å². The predicted molar refractivity (Wildman–Crippen MR) is 65.5 cm³/mol. The van der Waals surface area contributed by atoms with Crippen LogP contribution in [0.15, 0.2) is 49.1 Å². The van der Waals surface area contributed by atoms with Crippen molar-refractivity contribution >= 4 is 6.08 Å². The number of hydrogen-bond acceptors (Lipinski definition) is 1. The minimum atomic E-state index is -0.836. The number of rotatable bonds is 4. The highest BCUT2D eigenvalue weighted by atomic mass is 16.3. The van der Waals surface area contributed by atoms with Crippen LogP contribution in [0.25, 0.3) is 6.08 Å². The van der Waals surface area contributed by atoms with Gasteiger partial charge in [0.05, 0.1) is 5.60 Å². The summed E-state index contributed by atoms with van der Waals surface area (Å²) in [7, 11) is 0. The largest absolute Gasteiger partial charge is 0.385 e. The molecule has 80 valence electrons. The van der Waals surface area contributed by atoms with E-state index in [0.29, 0.717) is 0 Å². The summed E-state index contributed by atoms with van der Waals surface area (Å²) in [6.45, 7) is 7.43. The molecule has 2 atom stereocenters. The lowest BCUT2D eigenvalue weighted by Crippen LogP contribution is -2.28. The summed E-state index contributed by atoms with van der Waals surface area (Å²) < 4.78 is 0. The van der Waals surface area contributed by atoms with Crippen molar-refractivity contribution in [2.24, 2.45) is 5.92 Å². The van der Waals surface area contributed by atoms with Gasteiger partial charge in [0, 0.05) is 5.92 Å². The molecular weight excluding hydrogens is 184 g/mol. The van der Waals surface area contributed by atoms with Crippen LogP contribution in [-0.2, 0) is 0 Å². The second-order valence-electron chi connectivity index (χ2n) is 3.99. The lowest BCUT2D eigenvalue weighted by Gasteiger charge is -2.24. The minimum Gasteiger partial charge on any atom is -0.385 e. The second-order valence-corrected chi connectivity index (χ2v) is 3.99. The maximum absolute atomic E-state index is 10.1. The maximum atomic E-state index is 10.1. The predicted octanol–water partition coefficient (Wildman–Crippen LogP) is 3.27. The van der Waals surface area contributed by atoms with Gasteiger partial charge in [0.15, 0.2) is 0 Å². The molecule has 0 saturated carbocycles. The lowest BCUT2D eigenvalue weighted by atomic mass is 9.90. The van der Waals surface area contributed by atoms with E-state index in [2.05, 4.69) is 6.58 Å². The molecule has 0 bridgehead atoms. The molecule has 1 N–H and O–H groups in total. The summed E-state index contributed by atoms with van der Waals surface area (Å²) in [4.78, 5) is 0. The topological polar surface area (TPSA) is 20.2 Å². The maximum Gasteiger partial charge on any atom is 0.0862 e. The first-order chi connectivity index (χ1) is 7.06. The van der Waals surface area contributed by atoms with Gasteiger partial charge in [-0.15, -0.1) is 6.58 Å². The highest BCUT2D eigenvalue weighted by Gasteiger charge is 2.21. The van der Waals surface area contributed by atoms with E-state index < -0.39 is 5.60 Å². The zero-order valence-electron chi connectivity index (χ0n) is 9.35. The quantitative estimate of drug-likeness (QED) is 0.743. The van der Waals surface area contributed by atoms with E-state index in [1.54, 1.807) is 13.0 Å². The van der Waals surface area contributed by atoms with Gasteiger partial charge < -0.3 is 5.11 Å². The molecule has 1 nitrogen and oxygen atoms in total. The van der Waals surface area contributed by atoms with Gasteiger partial charge in [-0.2, -0.15) is 0 Å². The first kappa shape index (κ1) is 11.7. The first-order valence-electron chi connectivity index (χ1n) is 5.15. The summed E-state index contributed by atoms with van der Waals surface area (Å²) in [5.74, 6) is 0.0393. The van der Waals surface area contributed by atoms with Crippen molar-refractivity contribution in [2.75, 3.05) is 0 Å². The second kappa shape index (κ2) is 4.94. The van der Waals surface area contributed by atoms with Crippen molar-refractivity contribution in [3.8, 4) is 0 Å². The zero-order valence-corrected chi connectivity index (χ0v) is 9.35. The molecule has 0 aliphatic heterocycles. The third-order valence-corrected chi connectivity index (χ3v) is 2.69. The van der Waals surface area contributed by atoms with Crippen LogP contribution in [-0.4, -0.2) is 10.7 Å². The van der Waals surface area contributed by atoms with Crippen molar-refractivity contribution in [3.63, 3.8) is 0 Å². The summed E-state index contributed by atoms with van der Waals surface area (Å²) in [5, 5.41) is 10.1. The Morgan fingerprint density at radius 1 is 1.33 bits per heavy atom. The minimum absolute atomic E-state index is 0.0393. The molecule has 1 aromatic rings. The molecule has 0 aliphatic rings. The smallest absolute Gasteiger partial charge is 0.0862 e. The van der Waals surface area contributed by atoms with Crippen LogP contribution in [0.4, 0.5) is 0 Å². The number of hydrogen-bond donors (Lipinski definition) is 1. The van der Waals surface area contributed by atoms with E-state index in [1.807, 2.05) is 49.4 Å². The molecule has 1 aromatic carbocycles. The van der Waals surface area contributed by atoms with Crippen LogP contribution in [0.5, 0.6) is 0 Å². The van der Waals surface area contributed by atoms with Crippen molar-refractivity contribution < 1.29 is 5.11 Å². The van der Waals surface area contributed by atoms with E-state index in [9.17, 15) is 5.11 Å². The molecule has 0 aliphatic carbocycles. The van der Waals surface area contributed by atoms with E-state index in [0.717, 1.165) is 5.56 Å². The van der Waals surface area contributed by atoms with Gasteiger partial charge in [-0.25, -0.2) is 0 Å². The highest BCUT2D eigenvalue weighted by molar-refractivity contribution is 5.50. The average Bonchev–Trinajstić information content (AvgIpc) is 2.27. The molecular formula is C14H18O. The molecule has 0 amide bonds. The summed E-state index contributed by atoms with van der Waals surface area (Å²) in [5.41, 5.74) is 0.256. The van der Waals surface area contributed by atoms with Crippen molar-refractivity contribution in [3.05, 3.63) is 54.6 Å². The van der Waals surface area contributed by atoms with Gasteiger partial charge in [-0.3, -0.25) is 0 Å². The van der Waals surface area contributed by atoms with E-state index in [1.165, 1.54) is 0 Å². The van der Waals surface area contributed by atoms with Gasteiger partial charge >= 0.3 is 0 Å². The molecule has 0 fully saturated rings. The average molecular weight is 202 g/mol. The van der Waals surface area contributed by atoms with Gasteiger partial charge in [-0.1, -0.05) is 55.5 Å². The molecule has 0 heterocycles. The Morgan fingerprint density at radius 3 is 2.47 bits per heavy atom. The van der Waals surface area contributed by atoms with Crippen molar-refractivity contribution in [1.82, 2.24) is 0 Å². The van der Waals surface area contributed by atoms with Gasteiger partial charge in [0.2, 0.25) is 0 Å². The molecule has 15 heavy (non-hydrogen) atoms. The number of aliphatic hydroxyl groups is 1. The fourth-order valence-electron chi connectivity index (χ4n) is 1.22. The zero-order chi connectivity index (χ0) is 11.3. The van der Waals surface area contributed by atoms with E-state index in [4.69, 9.17) is 0 Å². The summed E-state index contributed by atoms with van der Waals surface area (Å²) >= 11 is 0. The van der Waals surface area contributed by atoms with Crippen LogP contribution in [0.1, 0.15) is 19.4 Å². The van der Waals surface area contributed by atoms with Gasteiger partial charge in [0.25, 0.3) is 0 Å². The molecule has 0 radical (unpaired) electrons. The molecule has 0 saturated heterocycles. The fraction of sp³-hybridized carbons (Fsp3) is 0.286. The summed E-state index contributed by atoms with van der Waals surface area (Å²) in [6.07, 6.45) is 5.50. The standard InChI is InChI=1S/C14H18O/c1-4-12(2)14(3,15)11-10-13-8-6-5-7-9-13/h4-12,15H,1H2,2-3H3/b11-10+/t12-,14+/m0/s1. The first-order valence-corrected chi connectivity index (χ1v) is 5.15. The third-order valence-electron chi connectivity index (χ3n) is 2.69. The lowest BCUT2D eigenvalue weighted by molar-refractivity contribution is 0.0754.